The van der Waals surface area contributed by atoms with Crippen LogP contribution in [0.3, 0.4) is 0 Å². The summed E-state index contributed by atoms with van der Waals surface area (Å²) < 4.78 is 0. The lowest BCUT2D eigenvalue weighted by Crippen LogP contribution is -2.20. The molecule has 0 atom stereocenters. The van der Waals surface area contributed by atoms with Crippen LogP contribution in [0.15, 0.2) is 12.1 Å². The molecule has 3 rings (SSSR count). The van der Waals surface area contributed by atoms with E-state index in [0.29, 0.717) is 6.54 Å². The number of rotatable bonds is 1. The molecular formula is C13H16N2O. The first kappa shape index (κ1) is 9.70. The summed E-state index contributed by atoms with van der Waals surface area (Å²) in [5, 5.41) is 2.91. The summed E-state index contributed by atoms with van der Waals surface area (Å²) in [5.74, 6) is 0.0791. The zero-order valence-corrected chi connectivity index (χ0v) is 9.55. The lowest BCUT2D eigenvalue weighted by Gasteiger charge is -2.23. The maximum absolute atomic E-state index is 11.6. The highest BCUT2D eigenvalue weighted by Crippen LogP contribution is 2.33. The van der Waals surface area contributed by atoms with Crippen LogP contribution in [0.5, 0.6) is 0 Å². The van der Waals surface area contributed by atoms with Crippen LogP contribution < -0.4 is 10.2 Å². The van der Waals surface area contributed by atoms with Gasteiger partial charge in [-0.15, -0.1) is 0 Å². The van der Waals surface area contributed by atoms with Crippen LogP contribution in [0, 0.1) is 6.92 Å². The zero-order valence-electron chi connectivity index (χ0n) is 9.55. The summed E-state index contributed by atoms with van der Waals surface area (Å²) in [4.78, 5) is 14.0. The number of fused-ring (bicyclic) bond motifs is 1. The van der Waals surface area contributed by atoms with E-state index in [1.807, 2.05) is 6.07 Å². The van der Waals surface area contributed by atoms with Gasteiger partial charge >= 0.3 is 0 Å². The van der Waals surface area contributed by atoms with Gasteiger partial charge in [-0.3, -0.25) is 4.79 Å². The number of hydrogen-bond donors (Lipinski definition) is 1. The van der Waals surface area contributed by atoms with E-state index in [4.69, 9.17) is 0 Å². The maximum atomic E-state index is 11.6. The molecule has 2 heterocycles. The highest BCUT2D eigenvalue weighted by Gasteiger charge is 2.26. The van der Waals surface area contributed by atoms with Gasteiger partial charge in [0, 0.05) is 36.4 Å². The predicted octanol–water partition coefficient (Wildman–Crippen LogP) is 1.84. The quantitative estimate of drug-likeness (QED) is 0.777. The van der Waals surface area contributed by atoms with Gasteiger partial charge in [0.05, 0.1) is 0 Å². The Hall–Kier alpha value is -1.51. The van der Waals surface area contributed by atoms with E-state index in [9.17, 15) is 4.79 Å². The molecule has 1 N–H and O–H groups in total. The molecule has 2 aliphatic heterocycles. The maximum Gasteiger partial charge on any atom is 0.251 e. The van der Waals surface area contributed by atoms with Gasteiger partial charge in [-0.1, -0.05) is 6.07 Å². The van der Waals surface area contributed by atoms with Crippen molar-refractivity contribution < 1.29 is 4.79 Å². The van der Waals surface area contributed by atoms with Gasteiger partial charge in [0.2, 0.25) is 0 Å². The molecule has 1 amide bonds. The smallest absolute Gasteiger partial charge is 0.251 e. The average molecular weight is 216 g/mol. The van der Waals surface area contributed by atoms with Gasteiger partial charge in [-0.2, -0.15) is 0 Å². The molecule has 84 valence electrons. The van der Waals surface area contributed by atoms with Crippen LogP contribution in [0.4, 0.5) is 5.69 Å². The molecule has 0 spiro atoms. The topological polar surface area (TPSA) is 32.3 Å². The Morgan fingerprint density at radius 3 is 2.75 bits per heavy atom. The fourth-order valence-electron chi connectivity index (χ4n) is 2.79. The van der Waals surface area contributed by atoms with Crippen LogP contribution in [0.2, 0.25) is 0 Å². The van der Waals surface area contributed by atoms with E-state index >= 15 is 0 Å². The Bertz CT molecular complexity index is 447. The first-order valence-corrected chi connectivity index (χ1v) is 5.93. The van der Waals surface area contributed by atoms with Crippen molar-refractivity contribution in [1.29, 1.82) is 0 Å². The Morgan fingerprint density at radius 2 is 2.00 bits per heavy atom. The summed E-state index contributed by atoms with van der Waals surface area (Å²) in [6, 6.07) is 4.02. The number of hydrogen-bond acceptors (Lipinski definition) is 2. The lowest BCUT2D eigenvalue weighted by atomic mass is 10.0. The van der Waals surface area contributed by atoms with Crippen LogP contribution in [-0.2, 0) is 6.54 Å². The number of nitrogens with zero attached hydrogens (tertiary/aromatic N) is 1. The molecule has 0 aromatic heterocycles. The van der Waals surface area contributed by atoms with Gasteiger partial charge in [0.15, 0.2) is 0 Å². The molecule has 1 saturated heterocycles. The monoisotopic (exact) mass is 216 g/mol. The summed E-state index contributed by atoms with van der Waals surface area (Å²) in [6.07, 6.45) is 2.54. The molecule has 3 heteroatoms. The minimum Gasteiger partial charge on any atom is -0.371 e. The van der Waals surface area contributed by atoms with Crippen molar-refractivity contribution in [2.24, 2.45) is 0 Å². The number of nitrogens with one attached hydrogen (secondary N) is 1. The predicted molar refractivity (Wildman–Crippen MR) is 63.8 cm³/mol. The highest BCUT2D eigenvalue weighted by molar-refractivity contribution is 6.00. The van der Waals surface area contributed by atoms with Crippen molar-refractivity contribution in [2.45, 2.75) is 26.3 Å². The molecule has 0 radical (unpaired) electrons. The molecule has 0 aliphatic carbocycles. The highest BCUT2D eigenvalue weighted by atomic mass is 16.1. The zero-order chi connectivity index (χ0) is 11.1. The summed E-state index contributed by atoms with van der Waals surface area (Å²) in [7, 11) is 0. The summed E-state index contributed by atoms with van der Waals surface area (Å²) in [5.41, 5.74) is 4.66. The third-order valence-electron chi connectivity index (χ3n) is 3.58. The fraction of sp³-hybridized carbons (Fsp3) is 0.462. The first-order chi connectivity index (χ1) is 7.77. The lowest BCUT2D eigenvalue weighted by molar-refractivity contribution is 0.0966. The third kappa shape index (κ3) is 1.31. The number of amides is 1. The van der Waals surface area contributed by atoms with Crippen molar-refractivity contribution in [1.82, 2.24) is 5.32 Å². The van der Waals surface area contributed by atoms with Crippen molar-refractivity contribution in [3.05, 3.63) is 28.8 Å². The van der Waals surface area contributed by atoms with Gasteiger partial charge in [-0.25, -0.2) is 0 Å². The average Bonchev–Trinajstić information content (AvgIpc) is 2.89. The molecule has 1 fully saturated rings. The first-order valence-electron chi connectivity index (χ1n) is 5.93. The number of benzene rings is 1. The minimum atomic E-state index is 0.0791. The van der Waals surface area contributed by atoms with Crippen molar-refractivity contribution in [3.8, 4) is 0 Å². The number of carbonyl (C=O) groups excluding carboxylic acids is 1. The second-order valence-corrected chi connectivity index (χ2v) is 4.63. The molecular weight excluding hydrogens is 200 g/mol. The van der Waals surface area contributed by atoms with Gasteiger partial charge in [0.1, 0.15) is 0 Å². The minimum absolute atomic E-state index is 0.0791. The Balaban J connectivity index is 2.12. The molecule has 2 aliphatic rings. The molecule has 1 aromatic rings. The van der Waals surface area contributed by atoms with Crippen LogP contribution in [0.25, 0.3) is 0 Å². The van der Waals surface area contributed by atoms with E-state index in [2.05, 4.69) is 23.2 Å². The van der Waals surface area contributed by atoms with Crippen molar-refractivity contribution >= 4 is 11.6 Å². The Morgan fingerprint density at radius 1 is 1.25 bits per heavy atom. The van der Waals surface area contributed by atoms with E-state index in [0.717, 1.165) is 18.7 Å². The third-order valence-corrected chi connectivity index (χ3v) is 3.58. The van der Waals surface area contributed by atoms with Crippen LogP contribution in [-0.4, -0.2) is 19.0 Å². The van der Waals surface area contributed by atoms with E-state index in [-0.39, 0.29) is 5.91 Å². The number of aryl methyl sites for hydroxylation is 1. The standard InChI is InChI=1S/C13H16N2O/c1-9-4-5-10-11(8-14-13(10)16)12(9)15-6-2-3-7-15/h4-5H,2-3,6-8H2,1H3,(H,14,16). The van der Waals surface area contributed by atoms with Gasteiger partial charge < -0.3 is 10.2 Å². The molecule has 0 saturated carbocycles. The van der Waals surface area contributed by atoms with E-state index in [1.54, 1.807) is 0 Å². The molecule has 1 aromatic carbocycles. The van der Waals surface area contributed by atoms with Crippen LogP contribution >= 0.6 is 0 Å². The van der Waals surface area contributed by atoms with Gasteiger partial charge in [0.25, 0.3) is 5.91 Å². The summed E-state index contributed by atoms with van der Waals surface area (Å²) in [6.45, 7) is 5.09. The molecule has 0 bridgehead atoms. The number of carbonyl (C=O) groups is 1. The number of anilines is 1. The molecule has 16 heavy (non-hydrogen) atoms. The normalized spacial score (nSPS) is 18.8. The second-order valence-electron chi connectivity index (χ2n) is 4.63. The van der Waals surface area contributed by atoms with Crippen molar-refractivity contribution in [3.63, 3.8) is 0 Å². The second kappa shape index (κ2) is 3.51. The van der Waals surface area contributed by atoms with E-state index < -0.39 is 0 Å². The largest absolute Gasteiger partial charge is 0.371 e. The SMILES string of the molecule is Cc1ccc2c(c1N1CCCC1)CNC2=O. The van der Waals surface area contributed by atoms with Gasteiger partial charge in [-0.05, 0) is 31.4 Å². The summed E-state index contributed by atoms with van der Waals surface area (Å²) >= 11 is 0. The Labute approximate surface area is 95.4 Å². The molecule has 0 unspecified atom stereocenters. The van der Waals surface area contributed by atoms with Crippen LogP contribution in [0.1, 0.15) is 34.3 Å². The van der Waals surface area contributed by atoms with E-state index in [1.165, 1.54) is 29.7 Å². The fourth-order valence-corrected chi connectivity index (χ4v) is 2.79. The van der Waals surface area contributed by atoms with Crippen molar-refractivity contribution in [2.75, 3.05) is 18.0 Å². The Kier molecular flexibility index (Phi) is 2.13. The molecule has 3 nitrogen and oxygen atoms in total.